The van der Waals surface area contributed by atoms with E-state index in [2.05, 4.69) is 13.0 Å². The van der Waals surface area contributed by atoms with Gasteiger partial charge in [-0.2, -0.15) is 5.26 Å². The molecule has 1 heterocycles. The third-order valence-electron chi connectivity index (χ3n) is 5.52. The number of hydrogen-bond donors (Lipinski definition) is 1. The van der Waals surface area contributed by atoms with E-state index in [1.54, 1.807) is 0 Å². The summed E-state index contributed by atoms with van der Waals surface area (Å²) in [5.74, 6) is 0.598. The number of nitriles is 1. The van der Waals surface area contributed by atoms with Crippen molar-refractivity contribution in [2.24, 2.45) is 17.1 Å². The number of piperidine rings is 1. The number of nitrogens with zero attached hydrogens (tertiary/aromatic N) is 2. The zero-order chi connectivity index (χ0) is 13.6. The Bertz CT molecular complexity index is 422. The highest BCUT2D eigenvalue weighted by molar-refractivity contribution is 5.84. The lowest BCUT2D eigenvalue weighted by Gasteiger charge is -2.40. The monoisotopic (exact) mass is 261 g/mol. The molecular formula is C15H23N3O. The summed E-state index contributed by atoms with van der Waals surface area (Å²) < 4.78 is 0. The molecule has 4 atom stereocenters. The maximum absolute atomic E-state index is 12.7. The molecule has 1 saturated heterocycles. The van der Waals surface area contributed by atoms with Gasteiger partial charge in [0.15, 0.2) is 0 Å². The smallest absolute Gasteiger partial charge is 0.241 e. The molecule has 4 unspecified atom stereocenters. The molecule has 19 heavy (non-hydrogen) atoms. The Morgan fingerprint density at radius 3 is 2.68 bits per heavy atom. The summed E-state index contributed by atoms with van der Waals surface area (Å²) in [7, 11) is 0. The van der Waals surface area contributed by atoms with Gasteiger partial charge in [0.05, 0.1) is 12.1 Å². The van der Waals surface area contributed by atoms with Crippen molar-refractivity contribution in [3.8, 4) is 6.07 Å². The number of likely N-dealkylation sites (tertiary alicyclic amines) is 1. The second-order valence-corrected chi connectivity index (χ2v) is 6.88. The van der Waals surface area contributed by atoms with Gasteiger partial charge in [0, 0.05) is 6.04 Å². The molecule has 2 saturated carbocycles. The summed E-state index contributed by atoms with van der Waals surface area (Å²) in [6.45, 7) is 2.15. The van der Waals surface area contributed by atoms with Crippen LogP contribution in [0.15, 0.2) is 0 Å². The molecule has 0 aromatic heterocycles. The van der Waals surface area contributed by atoms with Gasteiger partial charge in [0.25, 0.3) is 0 Å². The molecule has 3 aliphatic rings. The summed E-state index contributed by atoms with van der Waals surface area (Å²) >= 11 is 0. The van der Waals surface area contributed by atoms with Crippen LogP contribution in [0.3, 0.4) is 0 Å². The lowest BCUT2D eigenvalue weighted by molar-refractivity contribution is -0.137. The van der Waals surface area contributed by atoms with Crippen LogP contribution in [0.4, 0.5) is 0 Å². The molecule has 0 aromatic carbocycles. The van der Waals surface area contributed by atoms with Crippen LogP contribution in [-0.2, 0) is 4.79 Å². The SMILES string of the molecule is CC1(C(N)C(=O)N2C(C#N)CC3CC32)CCCCC1. The van der Waals surface area contributed by atoms with Gasteiger partial charge in [-0.25, -0.2) is 0 Å². The van der Waals surface area contributed by atoms with Gasteiger partial charge >= 0.3 is 0 Å². The highest BCUT2D eigenvalue weighted by Crippen LogP contribution is 2.49. The fraction of sp³-hybridized carbons (Fsp3) is 0.867. The van der Waals surface area contributed by atoms with E-state index in [4.69, 9.17) is 5.73 Å². The molecule has 1 amide bonds. The Morgan fingerprint density at radius 2 is 2.05 bits per heavy atom. The second-order valence-electron chi connectivity index (χ2n) is 6.88. The minimum Gasteiger partial charge on any atom is -0.322 e. The zero-order valence-electron chi connectivity index (χ0n) is 11.6. The number of fused-ring (bicyclic) bond motifs is 1. The minimum absolute atomic E-state index is 0.0287. The third kappa shape index (κ3) is 2.04. The first kappa shape index (κ1) is 12.9. The maximum atomic E-state index is 12.7. The van der Waals surface area contributed by atoms with E-state index in [0.717, 1.165) is 25.7 Å². The normalized spacial score (nSPS) is 37.3. The van der Waals surface area contributed by atoms with Gasteiger partial charge in [-0.1, -0.05) is 26.2 Å². The summed E-state index contributed by atoms with van der Waals surface area (Å²) in [5.41, 5.74) is 6.24. The van der Waals surface area contributed by atoms with Crippen LogP contribution in [0, 0.1) is 22.7 Å². The largest absolute Gasteiger partial charge is 0.322 e. The van der Waals surface area contributed by atoms with Crippen molar-refractivity contribution in [3.05, 3.63) is 0 Å². The highest BCUT2D eigenvalue weighted by Gasteiger charge is 2.56. The second kappa shape index (κ2) is 4.49. The van der Waals surface area contributed by atoms with Gasteiger partial charge in [-0.15, -0.1) is 0 Å². The third-order valence-corrected chi connectivity index (χ3v) is 5.52. The van der Waals surface area contributed by atoms with Crippen molar-refractivity contribution < 1.29 is 4.79 Å². The molecule has 3 fully saturated rings. The Morgan fingerprint density at radius 1 is 1.37 bits per heavy atom. The number of nitrogens with two attached hydrogens (primary N) is 1. The molecule has 0 spiro atoms. The predicted molar refractivity (Wildman–Crippen MR) is 71.9 cm³/mol. The average molecular weight is 261 g/mol. The molecule has 0 aromatic rings. The van der Waals surface area contributed by atoms with E-state index in [1.165, 1.54) is 19.3 Å². The fourth-order valence-electron chi connectivity index (χ4n) is 4.02. The predicted octanol–water partition coefficient (Wildman–Crippen LogP) is 1.80. The summed E-state index contributed by atoms with van der Waals surface area (Å²) in [5, 5.41) is 9.20. The van der Waals surface area contributed by atoms with Crippen molar-refractivity contribution in [2.75, 3.05) is 0 Å². The van der Waals surface area contributed by atoms with Crippen LogP contribution in [0.5, 0.6) is 0 Å². The van der Waals surface area contributed by atoms with E-state index in [9.17, 15) is 10.1 Å². The molecule has 3 rings (SSSR count). The van der Waals surface area contributed by atoms with Gasteiger partial charge in [0.1, 0.15) is 6.04 Å². The lowest BCUT2D eigenvalue weighted by Crippen LogP contribution is -2.54. The van der Waals surface area contributed by atoms with Crippen LogP contribution in [0.2, 0.25) is 0 Å². The van der Waals surface area contributed by atoms with Crippen molar-refractivity contribution in [1.82, 2.24) is 4.90 Å². The first-order valence-corrected chi connectivity index (χ1v) is 7.54. The molecule has 0 bridgehead atoms. The molecular weight excluding hydrogens is 238 g/mol. The summed E-state index contributed by atoms with van der Waals surface area (Å²) in [6.07, 6.45) is 7.62. The zero-order valence-corrected chi connectivity index (χ0v) is 11.6. The lowest BCUT2D eigenvalue weighted by atomic mass is 9.70. The van der Waals surface area contributed by atoms with Crippen LogP contribution < -0.4 is 5.73 Å². The first-order valence-electron chi connectivity index (χ1n) is 7.54. The fourth-order valence-corrected chi connectivity index (χ4v) is 4.02. The summed E-state index contributed by atoms with van der Waals surface area (Å²) in [6, 6.07) is 1.94. The average Bonchev–Trinajstić information content (AvgIpc) is 3.09. The first-order chi connectivity index (χ1) is 9.07. The van der Waals surface area contributed by atoms with Crippen molar-refractivity contribution in [3.63, 3.8) is 0 Å². The molecule has 104 valence electrons. The van der Waals surface area contributed by atoms with E-state index in [1.807, 2.05) is 4.90 Å². The summed E-state index contributed by atoms with van der Waals surface area (Å²) in [4.78, 5) is 14.5. The van der Waals surface area contributed by atoms with Crippen LogP contribution >= 0.6 is 0 Å². The van der Waals surface area contributed by atoms with Gasteiger partial charge in [-0.3, -0.25) is 4.79 Å². The maximum Gasteiger partial charge on any atom is 0.241 e. The molecule has 2 N–H and O–H groups in total. The number of carbonyl (C=O) groups is 1. The van der Waals surface area contributed by atoms with Crippen molar-refractivity contribution >= 4 is 5.91 Å². The van der Waals surface area contributed by atoms with E-state index in [-0.39, 0.29) is 17.4 Å². The quantitative estimate of drug-likeness (QED) is 0.824. The molecule has 2 aliphatic carbocycles. The molecule has 1 aliphatic heterocycles. The minimum atomic E-state index is -0.428. The highest BCUT2D eigenvalue weighted by atomic mass is 16.2. The van der Waals surface area contributed by atoms with Crippen LogP contribution in [0.1, 0.15) is 51.9 Å². The molecule has 4 nitrogen and oxygen atoms in total. The number of hydrogen-bond acceptors (Lipinski definition) is 3. The van der Waals surface area contributed by atoms with Crippen LogP contribution in [-0.4, -0.2) is 28.9 Å². The molecule has 0 radical (unpaired) electrons. The van der Waals surface area contributed by atoms with Gasteiger partial charge in [-0.05, 0) is 37.0 Å². The van der Waals surface area contributed by atoms with Crippen molar-refractivity contribution in [2.45, 2.75) is 70.0 Å². The number of carbonyl (C=O) groups excluding carboxylic acids is 1. The number of rotatable bonds is 2. The Hall–Kier alpha value is -1.08. The van der Waals surface area contributed by atoms with Crippen molar-refractivity contribution in [1.29, 1.82) is 5.26 Å². The van der Waals surface area contributed by atoms with Crippen LogP contribution in [0.25, 0.3) is 0 Å². The number of amides is 1. The molecule has 4 heteroatoms. The van der Waals surface area contributed by atoms with E-state index in [0.29, 0.717) is 12.0 Å². The Balaban J connectivity index is 1.74. The Labute approximate surface area is 114 Å². The van der Waals surface area contributed by atoms with E-state index < -0.39 is 6.04 Å². The Kier molecular flexibility index (Phi) is 3.05. The van der Waals surface area contributed by atoms with E-state index >= 15 is 0 Å². The van der Waals surface area contributed by atoms with Gasteiger partial charge < -0.3 is 10.6 Å². The topological polar surface area (TPSA) is 70.1 Å². The van der Waals surface area contributed by atoms with Gasteiger partial charge in [0.2, 0.25) is 5.91 Å². The standard InChI is InChI=1S/C15H23N3O/c1-15(5-3-2-4-6-15)13(17)14(19)18-11(9-16)7-10-8-12(10)18/h10-13H,2-8,17H2,1H3.